The first-order chi connectivity index (χ1) is 22.3. The van der Waals surface area contributed by atoms with Crippen LogP contribution in [0.3, 0.4) is 0 Å². The van der Waals surface area contributed by atoms with E-state index in [1.165, 1.54) is 4.31 Å². The molecule has 10 nitrogen and oxygen atoms in total. The number of nitrogens with zero attached hydrogens (tertiary/aromatic N) is 2. The molecule has 2 aliphatic heterocycles. The zero-order valence-corrected chi connectivity index (χ0v) is 27.8. The van der Waals surface area contributed by atoms with E-state index in [1.807, 2.05) is 49.4 Å². The summed E-state index contributed by atoms with van der Waals surface area (Å²) in [4.78, 5) is 2.48. The lowest BCUT2D eigenvalue weighted by molar-refractivity contribution is 0.0342. The van der Waals surface area contributed by atoms with Crippen LogP contribution in [0, 0.1) is 12.8 Å². The lowest BCUT2D eigenvalue weighted by atomic mass is 9.79. The molecule has 0 radical (unpaired) electrons. The number of β-amino-alcohol motifs (C(OH)–C–C–N with tert-alkyl or cyclic N) is 1. The number of fused-ring (bicyclic) bond motifs is 1. The van der Waals surface area contributed by atoms with Gasteiger partial charge >= 0.3 is 0 Å². The van der Waals surface area contributed by atoms with Gasteiger partial charge in [-0.05, 0) is 48.7 Å². The molecule has 0 aliphatic carbocycles. The van der Waals surface area contributed by atoms with E-state index < -0.39 is 16.1 Å². The lowest BCUT2D eigenvalue weighted by Gasteiger charge is -2.41. The van der Waals surface area contributed by atoms with Crippen LogP contribution in [0.4, 0.5) is 5.69 Å². The third-order valence-electron chi connectivity index (χ3n) is 8.61. The standard InChI is InChI=1S/C35H46N2O8S/c1-26-5-12-31(13-6-26)46(39,40)37-22-29(35(33(38)23-37)28-9-7-27(8-10-28)24-43-20-19-42-3)25-45-30-11-14-34-32(21-30)36(16-18-44-34)15-4-17-41-2/h5-14,21,29,33,35,38H,4,15-20,22-25H2,1-3H3/t29-,33-,35-/m1/s1. The van der Waals surface area contributed by atoms with Crippen molar-refractivity contribution in [3.8, 4) is 11.5 Å². The molecule has 3 aromatic rings. The third-order valence-corrected chi connectivity index (χ3v) is 10.5. The first-order valence-electron chi connectivity index (χ1n) is 15.8. The summed E-state index contributed by atoms with van der Waals surface area (Å²) in [6, 6.07) is 20.6. The Morgan fingerprint density at radius 2 is 1.70 bits per heavy atom. The van der Waals surface area contributed by atoms with Gasteiger partial charge in [0.1, 0.15) is 18.1 Å². The molecule has 5 rings (SSSR count). The molecule has 1 saturated heterocycles. The summed E-state index contributed by atoms with van der Waals surface area (Å²) in [6.07, 6.45) is -0.0361. The number of hydrogen-bond acceptors (Lipinski definition) is 9. The van der Waals surface area contributed by atoms with Crippen LogP contribution in [0.15, 0.2) is 71.6 Å². The molecule has 0 amide bonds. The molecular formula is C35H46N2O8S. The van der Waals surface area contributed by atoms with Gasteiger partial charge < -0.3 is 33.7 Å². The van der Waals surface area contributed by atoms with E-state index in [1.54, 1.807) is 38.5 Å². The lowest BCUT2D eigenvalue weighted by Crippen LogP contribution is -2.51. The van der Waals surface area contributed by atoms with Crippen molar-refractivity contribution >= 4 is 15.7 Å². The predicted octanol–water partition coefficient (Wildman–Crippen LogP) is 4.24. The van der Waals surface area contributed by atoms with E-state index >= 15 is 0 Å². The SMILES string of the molecule is COCCCN1CCOc2ccc(OC[C@H]3CN(S(=O)(=O)c4ccc(C)cc4)C[C@@H](O)[C@@H]3c3ccc(COCCOC)cc3)cc21. The van der Waals surface area contributed by atoms with Crippen LogP contribution < -0.4 is 14.4 Å². The molecule has 0 aromatic heterocycles. The predicted molar refractivity (Wildman–Crippen MR) is 176 cm³/mol. The molecule has 2 heterocycles. The number of rotatable bonds is 15. The molecule has 0 spiro atoms. The number of ether oxygens (including phenoxy) is 5. The van der Waals surface area contributed by atoms with Crippen LogP contribution in [0.25, 0.3) is 0 Å². The Morgan fingerprint density at radius 1 is 0.935 bits per heavy atom. The molecule has 11 heteroatoms. The van der Waals surface area contributed by atoms with Crippen LogP contribution in [0.5, 0.6) is 11.5 Å². The van der Waals surface area contributed by atoms with Crippen molar-refractivity contribution < 1.29 is 37.2 Å². The number of anilines is 1. The Labute approximate surface area is 272 Å². The highest BCUT2D eigenvalue weighted by Gasteiger charge is 2.42. The second-order valence-corrected chi connectivity index (χ2v) is 13.8. The van der Waals surface area contributed by atoms with Crippen molar-refractivity contribution in [1.82, 2.24) is 4.31 Å². The molecular weight excluding hydrogens is 608 g/mol. The number of aliphatic hydroxyl groups excluding tert-OH is 1. The van der Waals surface area contributed by atoms with Gasteiger partial charge in [-0.15, -0.1) is 0 Å². The maximum absolute atomic E-state index is 13.7. The molecule has 250 valence electrons. The minimum absolute atomic E-state index is 0.00806. The summed E-state index contributed by atoms with van der Waals surface area (Å²) >= 11 is 0. The van der Waals surface area contributed by atoms with Crippen LogP contribution in [-0.4, -0.2) is 97.4 Å². The van der Waals surface area contributed by atoms with Crippen LogP contribution in [0.2, 0.25) is 0 Å². The maximum Gasteiger partial charge on any atom is 0.243 e. The fraction of sp³-hybridized carbons (Fsp3) is 0.486. The largest absolute Gasteiger partial charge is 0.493 e. The monoisotopic (exact) mass is 654 g/mol. The second kappa shape index (κ2) is 16.1. The number of methoxy groups -OCH3 is 2. The van der Waals surface area contributed by atoms with Crippen molar-refractivity contribution in [2.45, 2.75) is 36.9 Å². The summed E-state index contributed by atoms with van der Waals surface area (Å²) < 4.78 is 57.1. The minimum atomic E-state index is -3.83. The van der Waals surface area contributed by atoms with Crippen LogP contribution >= 0.6 is 0 Å². The Kier molecular flexibility index (Phi) is 11.9. The molecule has 3 aromatic carbocycles. The molecule has 0 saturated carbocycles. The van der Waals surface area contributed by atoms with Crippen molar-refractivity contribution in [1.29, 1.82) is 0 Å². The van der Waals surface area contributed by atoms with Crippen LogP contribution in [-0.2, 0) is 30.8 Å². The van der Waals surface area contributed by atoms with Gasteiger partial charge in [-0.3, -0.25) is 0 Å². The van der Waals surface area contributed by atoms with E-state index in [0.717, 1.165) is 47.6 Å². The summed E-state index contributed by atoms with van der Waals surface area (Å²) in [5.74, 6) is 0.817. The van der Waals surface area contributed by atoms with Gasteiger partial charge in [0.2, 0.25) is 10.0 Å². The normalized spacial score (nSPS) is 20.3. The van der Waals surface area contributed by atoms with E-state index in [0.29, 0.717) is 38.8 Å². The van der Waals surface area contributed by atoms with Crippen molar-refractivity contribution in [2.24, 2.45) is 5.92 Å². The van der Waals surface area contributed by atoms with E-state index in [-0.39, 0.29) is 36.4 Å². The van der Waals surface area contributed by atoms with Crippen molar-refractivity contribution in [3.05, 3.63) is 83.4 Å². The first-order valence-corrected chi connectivity index (χ1v) is 17.3. The molecule has 0 bridgehead atoms. The Morgan fingerprint density at radius 3 is 2.43 bits per heavy atom. The van der Waals surface area contributed by atoms with Crippen molar-refractivity contribution in [3.63, 3.8) is 0 Å². The number of aliphatic hydroxyl groups is 1. The van der Waals surface area contributed by atoms with E-state index in [4.69, 9.17) is 23.7 Å². The molecule has 2 aliphatic rings. The summed E-state index contributed by atoms with van der Waals surface area (Å²) in [5.41, 5.74) is 3.88. The zero-order chi connectivity index (χ0) is 32.5. The van der Waals surface area contributed by atoms with Gasteiger partial charge in [-0.1, -0.05) is 42.0 Å². The Bertz CT molecular complexity index is 1500. The Hall–Kier alpha value is -3.19. The highest BCUT2D eigenvalue weighted by atomic mass is 32.2. The summed E-state index contributed by atoms with van der Waals surface area (Å²) in [6.45, 7) is 6.72. The highest BCUT2D eigenvalue weighted by molar-refractivity contribution is 7.89. The summed E-state index contributed by atoms with van der Waals surface area (Å²) in [5, 5.41) is 11.5. The Balaban J connectivity index is 1.37. The van der Waals surface area contributed by atoms with Gasteiger partial charge in [0.05, 0.1) is 49.7 Å². The zero-order valence-electron chi connectivity index (χ0n) is 27.0. The fourth-order valence-electron chi connectivity index (χ4n) is 6.14. The smallest absolute Gasteiger partial charge is 0.243 e. The van der Waals surface area contributed by atoms with Gasteiger partial charge in [-0.2, -0.15) is 4.31 Å². The number of aryl methyl sites for hydroxylation is 1. The fourth-order valence-corrected chi connectivity index (χ4v) is 7.65. The van der Waals surface area contributed by atoms with Crippen LogP contribution in [0.1, 0.15) is 29.0 Å². The molecule has 1 fully saturated rings. The second-order valence-electron chi connectivity index (χ2n) is 11.9. The summed E-state index contributed by atoms with van der Waals surface area (Å²) in [7, 11) is -0.486. The molecule has 46 heavy (non-hydrogen) atoms. The maximum atomic E-state index is 13.7. The van der Waals surface area contributed by atoms with Gasteiger partial charge in [0.25, 0.3) is 0 Å². The minimum Gasteiger partial charge on any atom is -0.493 e. The van der Waals surface area contributed by atoms with E-state index in [2.05, 4.69) is 4.90 Å². The third kappa shape index (κ3) is 8.39. The first kappa shape index (κ1) is 34.2. The average Bonchev–Trinajstić information content (AvgIpc) is 3.06. The van der Waals surface area contributed by atoms with Gasteiger partial charge in [0, 0.05) is 58.4 Å². The topological polar surface area (TPSA) is 107 Å². The van der Waals surface area contributed by atoms with Crippen molar-refractivity contribution in [2.75, 3.05) is 78.3 Å². The molecule has 0 unspecified atom stereocenters. The quantitative estimate of drug-likeness (QED) is 0.241. The molecule has 1 N–H and O–H groups in total. The molecule has 3 atom stereocenters. The number of piperidine rings is 1. The highest BCUT2D eigenvalue weighted by Crippen LogP contribution is 2.38. The average molecular weight is 655 g/mol. The van der Waals surface area contributed by atoms with Gasteiger partial charge in [0.15, 0.2) is 0 Å². The van der Waals surface area contributed by atoms with E-state index in [9.17, 15) is 13.5 Å². The number of sulfonamides is 1. The van der Waals surface area contributed by atoms with Gasteiger partial charge in [-0.25, -0.2) is 8.42 Å². The number of hydrogen-bond donors (Lipinski definition) is 1. The number of benzene rings is 3.